The molecule has 0 aliphatic heterocycles. The summed E-state index contributed by atoms with van der Waals surface area (Å²) < 4.78 is 13.2. The molecule has 0 aromatic heterocycles. The number of rotatable bonds is 9. The van der Waals surface area contributed by atoms with Gasteiger partial charge in [-0.2, -0.15) is 0 Å². The summed E-state index contributed by atoms with van der Waals surface area (Å²) in [5.41, 5.74) is 3.08. The summed E-state index contributed by atoms with van der Waals surface area (Å²) >= 11 is 0. The number of carboxylic acids is 2. The third-order valence-corrected chi connectivity index (χ3v) is 9.20. The number of fused-ring (bicyclic) bond motifs is 4. The van der Waals surface area contributed by atoms with Crippen molar-refractivity contribution in [2.45, 2.75) is 13.2 Å². The van der Waals surface area contributed by atoms with Gasteiger partial charge in [-0.3, -0.25) is 0 Å². The van der Waals surface area contributed by atoms with E-state index in [2.05, 4.69) is 0 Å². The molecule has 242 valence electrons. The van der Waals surface area contributed by atoms with Crippen molar-refractivity contribution in [3.8, 4) is 22.6 Å². The van der Waals surface area contributed by atoms with Crippen LogP contribution in [0.2, 0.25) is 0 Å². The highest BCUT2D eigenvalue weighted by molar-refractivity contribution is 6.10. The second-order valence-corrected chi connectivity index (χ2v) is 12.2. The van der Waals surface area contributed by atoms with Crippen LogP contribution in [-0.2, 0) is 13.2 Å². The Kier molecular flexibility index (Phi) is 7.82. The molecular weight excluding hydrogens is 624 g/mol. The van der Waals surface area contributed by atoms with Crippen LogP contribution in [0, 0.1) is 0 Å². The lowest BCUT2D eigenvalue weighted by Crippen LogP contribution is -2.07. The predicted molar refractivity (Wildman–Crippen MR) is 197 cm³/mol. The van der Waals surface area contributed by atoms with E-state index in [9.17, 15) is 19.8 Å². The third-order valence-electron chi connectivity index (χ3n) is 9.20. The van der Waals surface area contributed by atoms with Crippen molar-refractivity contribution in [2.24, 2.45) is 0 Å². The summed E-state index contributed by atoms with van der Waals surface area (Å²) in [6.45, 7) is 0.0512. The van der Waals surface area contributed by atoms with Crippen molar-refractivity contribution in [3.63, 3.8) is 0 Å². The molecule has 0 saturated heterocycles. The molecule has 0 saturated carbocycles. The topological polar surface area (TPSA) is 93.1 Å². The number of hydrogen-bond acceptors (Lipinski definition) is 4. The maximum absolute atomic E-state index is 12.3. The van der Waals surface area contributed by atoms with E-state index < -0.39 is 11.9 Å². The Hall–Kier alpha value is -6.66. The molecule has 0 unspecified atom stereocenters. The van der Waals surface area contributed by atoms with Gasteiger partial charge in [0.1, 0.15) is 24.7 Å². The highest BCUT2D eigenvalue weighted by Crippen LogP contribution is 2.46. The fourth-order valence-corrected chi connectivity index (χ4v) is 6.78. The second kappa shape index (κ2) is 12.7. The maximum atomic E-state index is 12.3. The molecule has 0 heterocycles. The zero-order valence-electron chi connectivity index (χ0n) is 26.8. The molecule has 6 heteroatoms. The van der Waals surface area contributed by atoms with Gasteiger partial charge in [0.15, 0.2) is 0 Å². The fourth-order valence-electron chi connectivity index (χ4n) is 6.78. The minimum atomic E-state index is -1.02. The largest absolute Gasteiger partial charge is 0.488 e. The Morgan fingerprint density at radius 3 is 1.14 bits per heavy atom. The lowest BCUT2D eigenvalue weighted by Gasteiger charge is -2.20. The molecule has 0 aliphatic carbocycles. The van der Waals surface area contributed by atoms with Crippen LogP contribution in [0.25, 0.3) is 54.2 Å². The Morgan fingerprint density at radius 2 is 0.760 bits per heavy atom. The maximum Gasteiger partial charge on any atom is 0.336 e. The zero-order valence-corrected chi connectivity index (χ0v) is 26.8. The van der Waals surface area contributed by atoms with Gasteiger partial charge in [-0.25, -0.2) is 9.59 Å². The van der Waals surface area contributed by atoms with Crippen LogP contribution in [0.5, 0.6) is 11.5 Å². The van der Waals surface area contributed by atoms with Gasteiger partial charge in [-0.1, -0.05) is 109 Å². The van der Waals surface area contributed by atoms with E-state index in [1.165, 1.54) is 0 Å². The molecule has 2 N–H and O–H groups in total. The molecule has 0 spiro atoms. The van der Waals surface area contributed by atoms with E-state index >= 15 is 0 Å². The van der Waals surface area contributed by atoms with Gasteiger partial charge in [-0.15, -0.1) is 0 Å². The molecule has 50 heavy (non-hydrogen) atoms. The van der Waals surface area contributed by atoms with Gasteiger partial charge in [0.25, 0.3) is 0 Å². The van der Waals surface area contributed by atoms with Gasteiger partial charge in [0, 0.05) is 22.3 Å². The normalized spacial score (nSPS) is 11.3. The molecule has 0 atom stereocenters. The average Bonchev–Trinajstić information content (AvgIpc) is 3.15. The van der Waals surface area contributed by atoms with Crippen molar-refractivity contribution in [3.05, 3.63) is 168 Å². The zero-order chi connectivity index (χ0) is 34.2. The number of carbonyl (C=O) groups is 2. The fraction of sp³-hybridized carbons (Fsp3) is 0.0455. The van der Waals surface area contributed by atoms with Crippen LogP contribution in [0.15, 0.2) is 146 Å². The predicted octanol–water partition coefficient (Wildman–Crippen LogP) is 10.5. The van der Waals surface area contributed by atoms with Crippen molar-refractivity contribution >= 4 is 55.0 Å². The number of ether oxygens (including phenoxy) is 2. The van der Waals surface area contributed by atoms with Crippen LogP contribution in [0.4, 0.5) is 0 Å². The quantitative estimate of drug-likeness (QED) is 0.161. The van der Waals surface area contributed by atoms with Gasteiger partial charge < -0.3 is 19.7 Å². The van der Waals surface area contributed by atoms with Crippen LogP contribution >= 0.6 is 0 Å². The highest BCUT2D eigenvalue weighted by Gasteiger charge is 2.21. The van der Waals surface area contributed by atoms with E-state index in [4.69, 9.17) is 9.47 Å². The molecule has 8 aromatic carbocycles. The molecule has 0 amide bonds. The Bertz CT molecular complexity index is 2440. The monoisotopic (exact) mass is 654 g/mol. The van der Waals surface area contributed by atoms with E-state index in [0.29, 0.717) is 22.6 Å². The summed E-state index contributed by atoms with van der Waals surface area (Å²) in [6.07, 6.45) is 0. The van der Waals surface area contributed by atoms with Gasteiger partial charge in [-0.05, 0) is 79.5 Å². The average molecular weight is 655 g/mol. The first kappa shape index (κ1) is 30.7. The molecular formula is C44H30O6. The van der Waals surface area contributed by atoms with E-state index in [-0.39, 0.29) is 24.3 Å². The van der Waals surface area contributed by atoms with E-state index in [1.807, 2.05) is 133 Å². The summed E-state index contributed by atoms with van der Waals surface area (Å²) in [5.74, 6) is -0.919. The van der Waals surface area contributed by atoms with E-state index in [0.717, 1.165) is 54.2 Å². The first-order valence-electron chi connectivity index (χ1n) is 16.2. The standard InChI is InChI=1S/C44H30O6/c45-43(46)37-23-31-13-3-1-11-29(31)21-33(37)25-49-39-19-17-27-9-5-7-15-35(27)41(39)42-36-16-8-6-10-28(36)18-20-40(42)50-26-34-22-30-12-2-4-14-32(30)24-38(34)44(47)48/h1-24H,25-26H2,(H,45,46)(H,47,48). The summed E-state index contributed by atoms with van der Waals surface area (Å²) in [6, 6.07) is 46.3. The van der Waals surface area contributed by atoms with Gasteiger partial charge >= 0.3 is 11.9 Å². The summed E-state index contributed by atoms with van der Waals surface area (Å²) in [5, 5.41) is 27.6. The van der Waals surface area contributed by atoms with Crippen LogP contribution in [0.3, 0.4) is 0 Å². The molecule has 0 aliphatic rings. The van der Waals surface area contributed by atoms with Crippen molar-refractivity contribution in [1.29, 1.82) is 0 Å². The lowest BCUT2D eigenvalue weighted by atomic mass is 9.92. The smallest absolute Gasteiger partial charge is 0.336 e. The molecule has 0 bridgehead atoms. The molecule has 0 radical (unpaired) electrons. The highest BCUT2D eigenvalue weighted by atomic mass is 16.5. The number of hydrogen-bond donors (Lipinski definition) is 2. The first-order valence-corrected chi connectivity index (χ1v) is 16.2. The molecule has 8 aromatic rings. The van der Waals surface area contributed by atoms with Crippen molar-refractivity contribution in [2.75, 3.05) is 0 Å². The Balaban J connectivity index is 1.27. The Labute approximate surface area is 287 Å². The Morgan fingerprint density at radius 1 is 0.420 bits per heavy atom. The van der Waals surface area contributed by atoms with Crippen LogP contribution in [-0.4, -0.2) is 22.2 Å². The summed E-state index contributed by atoms with van der Waals surface area (Å²) in [4.78, 5) is 24.7. The molecule has 0 fully saturated rings. The van der Waals surface area contributed by atoms with Crippen molar-refractivity contribution in [1.82, 2.24) is 0 Å². The SMILES string of the molecule is O=C(O)c1cc2ccccc2cc1COc1ccc2ccccc2c1-c1c(OCc2cc3ccccc3cc2C(=O)O)ccc2ccccc12. The molecule has 8 rings (SSSR count). The second-order valence-electron chi connectivity index (χ2n) is 12.2. The summed E-state index contributed by atoms with van der Waals surface area (Å²) in [7, 11) is 0. The van der Waals surface area contributed by atoms with Gasteiger partial charge in [0.05, 0.1) is 11.1 Å². The van der Waals surface area contributed by atoms with E-state index in [1.54, 1.807) is 12.1 Å². The molecule has 6 nitrogen and oxygen atoms in total. The minimum absolute atomic E-state index is 0.0256. The van der Waals surface area contributed by atoms with Crippen molar-refractivity contribution < 1.29 is 29.3 Å². The van der Waals surface area contributed by atoms with Gasteiger partial charge in [0.2, 0.25) is 0 Å². The number of benzene rings is 8. The lowest BCUT2D eigenvalue weighted by molar-refractivity contribution is 0.0683. The van der Waals surface area contributed by atoms with Crippen LogP contribution < -0.4 is 9.47 Å². The minimum Gasteiger partial charge on any atom is -0.488 e. The first-order chi connectivity index (χ1) is 24.4. The van der Waals surface area contributed by atoms with Crippen LogP contribution in [0.1, 0.15) is 31.8 Å². The third kappa shape index (κ3) is 5.63. The number of carboxylic acid groups (broad SMARTS) is 2. The number of aromatic carboxylic acids is 2.